The topological polar surface area (TPSA) is 77.5 Å². The summed E-state index contributed by atoms with van der Waals surface area (Å²) in [5.74, 6) is 0.628. The fourth-order valence-corrected chi connectivity index (χ4v) is 11.0. The molecule has 0 amide bonds. The van der Waals surface area contributed by atoms with Crippen LogP contribution in [-0.2, 0) is 21.4 Å². The normalized spacial score (nSPS) is 24.2. The molecule has 5 aliphatic carbocycles. The molecule has 290 valence electrons. The summed E-state index contributed by atoms with van der Waals surface area (Å²) in [6.07, 6.45) is 29.5. The number of carbonyl (C=O) groups is 2. The van der Waals surface area contributed by atoms with Crippen LogP contribution in [0.25, 0.3) is 11.6 Å². The quantitative estimate of drug-likeness (QED) is 0.0873. The molecule has 10 rings (SSSR count). The molecule has 1 aromatic heterocycles. The molecular weight excluding hydrogens is 737 g/mol. The van der Waals surface area contributed by atoms with E-state index in [1.165, 1.54) is 44.6 Å². The highest BCUT2D eigenvalue weighted by Crippen LogP contribution is 2.62. The van der Waals surface area contributed by atoms with Crippen LogP contribution in [0.4, 0.5) is 0 Å². The van der Waals surface area contributed by atoms with Crippen molar-refractivity contribution in [1.29, 1.82) is 0 Å². The molecule has 3 unspecified atom stereocenters. The van der Waals surface area contributed by atoms with E-state index < -0.39 is 10.8 Å². The van der Waals surface area contributed by atoms with Crippen molar-refractivity contribution >= 4 is 40.3 Å². The SMILES string of the molecule is O=C(CCC1(CCC2(CCC(=O)Oc3ccccc3)C3=CCCC=C3c3nc4c(cc32)C=CCC4)C2=C[SH]=CC=C2C2=C1C=C1C=CC=CC1N2)Oc1ccccc1. The zero-order chi connectivity index (χ0) is 39.1. The maximum Gasteiger partial charge on any atom is 0.311 e. The van der Waals surface area contributed by atoms with Crippen LogP contribution in [0.2, 0.25) is 0 Å². The van der Waals surface area contributed by atoms with Crippen LogP contribution in [0.5, 0.6) is 11.5 Å². The van der Waals surface area contributed by atoms with Gasteiger partial charge in [0.25, 0.3) is 0 Å². The minimum atomic E-state index is -0.501. The number of hydrogen-bond donors (Lipinski definition) is 2. The van der Waals surface area contributed by atoms with E-state index in [0.717, 1.165) is 67.0 Å². The lowest BCUT2D eigenvalue weighted by Gasteiger charge is -2.40. The number of allylic oxidation sites excluding steroid dienone is 11. The van der Waals surface area contributed by atoms with Gasteiger partial charge in [-0.15, -0.1) is 0 Å². The van der Waals surface area contributed by atoms with Crippen molar-refractivity contribution in [3.05, 3.63) is 183 Å². The number of fused-ring (bicyclic) bond motifs is 7. The van der Waals surface area contributed by atoms with Crippen LogP contribution in [0.15, 0.2) is 160 Å². The molecule has 0 saturated heterocycles. The molecule has 0 radical (unpaired) electrons. The van der Waals surface area contributed by atoms with Crippen LogP contribution in [0, 0.1) is 5.41 Å². The predicted molar refractivity (Wildman–Crippen MR) is 234 cm³/mol. The molecule has 3 heterocycles. The van der Waals surface area contributed by atoms with Gasteiger partial charge in [0, 0.05) is 46.2 Å². The molecule has 1 N–H and O–H groups in total. The number of ether oxygens (including phenoxy) is 2. The van der Waals surface area contributed by atoms with Crippen molar-refractivity contribution in [3.63, 3.8) is 0 Å². The molecule has 0 spiro atoms. The lowest BCUT2D eigenvalue weighted by atomic mass is 9.63. The third kappa shape index (κ3) is 6.46. The van der Waals surface area contributed by atoms with Gasteiger partial charge in [-0.25, -0.2) is 0 Å². The molecule has 3 atom stereocenters. The highest BCUT2D eigenvalue weighted by molar-refractivity contribution is 8.00. The van der Waals surface area contributed by atoms with Gasteiger partial charge in [0.15, 0.2) is 0 Å². The number of thiol groups is 1. The Labute approximate surface area is 343 Å². The molecule has 7 aliphatic rings. The average Bonchev–Trinajstić information content (AvgIpc) is 3.69. The van der Waals surface area contributed by atoms with Crippen molar-refractivity contribution in [2.45, 2.75) is 75.7 Å². The number of carbonyl (C=O) groups excluding carboxylic acids is 2. The number of aromatic nitrogens is 1. The molecule has 0 saturated carbocycles. The van der Waals surface area contributed by atoms with Gasteiger partial charge in [-0.3, -0.25) is 14.6 Å². The third-order valence-corrected chi connectivity index (χ3v) is 13.7. The Kier molecular flexibility index (Phi) is 9.57. The van der Waals surface area contributed by atoms with Crippen molar-refractivity contribution in [1.82, 2.24) is 10.3 Å². The first-order valence-electron chi connectivity index (χ1n) is 20.7. The number of para-hydroxylation sites is 2. The second-order valence-electron chi connectivity index (χ2n) is 16.1. The number of hydrogen-bond acceptors (Lipinski definition) is 6. The fourth-order valence-electron chi connectivity index (χ4n) is 10.2. The Hall–Kier alpha value is -5.79. The first-order valence-corrected chi connectivity index (χ1v) is 21.7. The molecule has 0 bridgehead atoms. The summed E-state index contributed by atoms with van der Waals surface area (Å²) in [6.45, 7) is 0. The van der Waals surface area contributed by atoms with Gasteiger partial charge in [0.05, 0.1) is 11.7 Å². The van der Waals surface area contributed by atoms with E-state index in [-0.39, 0.29) is 30.8 Å². The monoisotopic (exact) mass is 782 g/mol. The van der Waals surface area contributed by atoms with Crippen LogP contribution >= 0.6 is 11.4 Å². The first-order chi connectivity index (χ1) is 28.5. The van der Waals surface area contributed by atoms with E-state index >= 15 is 0 Å². The van der Waals surface area contributed by atoms with E-state index in [0.29, 0.717) is 24.3 Å². The molecule has 6 nitrogen and oxygen atoms in total. The number of benzene rings is 2. The van der Waals surface area contributed by atoms with E-state index in [1.54, 1.807) is 0 Å². The lowest BCUT2D eigenvalue weighted by molar-refractivity contribution is -0.135. The Morgan fingerprint density at radius 2 is 1.52 bits per heavy atom. The number of pyridine rings is 1. The predicted octanol–water partition coefficient (Wildman–Crippen LogP) is 10.3. The number of nitrogens with zero attached hydrogens (tertiary/aromatic N) is 1. The Balaban J connectivity index is 1.08. The number of aryl methyl sites for hydroxylation is 1. The Bertz CT molecular complexity index is 2530. The lowest BCUT2D eigenvalue weighted by Crippen LogP contribution is -2.35. The van der Waals surface area contributed by atoms with Gasteiger partial charge in [0.2, 0.25) is 0 Å². The van der Waals surface area contributed by atoms with E-state index in [9.17, 15) is 9.59 Å². The van der Waals surface area contributed by atoms with E-state index in [2.05, 4.69) is 82.9 Å². The number of esters is 2. The zero-order valence-corrected chi connectivity index (χ0v) is 33.3. The number of dihydropyridines is 1. The maximum absolute atomic E-state index is 13.8. The highest BCUT2D eigenvalue weighted by Gasteiger charge is 2.53. The van der Waals surface area contributed by atoms with Gasteiger partial charge >= 0.3 is 11.9 Å². The second kappa shape index (κ2) is 15.2. The summed E-state index contributed by atoms with van der Waals surface area (Å²) in [7, 11) is 0. The van der Waals surface area contributed by atoms with Crippen molar-refractivity contribution in [2.24, 2.45) is 5.41 Å². The van der Waals surface area contributed by atoms with Crippen LogP contribution in [0.1, 0.15) is 80.3 Å². The minimum Gasteiger partial charge on any atom is -0.427 e. The molecule has 2 aliphatic heterocycles. The van der Waals surface area contributed by atoms with Gasteiger partial charge in [0.1, 0.15) is 11.5 Å². The van der Waals surface area contributed by atoms with Gasteiger partial charge in [-0.05, 0) is 132 Å². The highest BCUT2D eigenvalue weighted by atomic mass is 32.1. The van der Waals surface area contributed by atoms with Gasteiger partial charge in [-0.1, -0.05) is 91.1 Å². The van der Waals surface area contributed by atoms with Crippen molar-refractivity contribution < 1.29 is 19.1 Å². The van der Waals surface area contributed by atoms with Crippen molar-refractivity contribution in [3.8, 4) is 11.5 Å². The summed E-state index contributed by atoms with van der Waals surface area (Å²) >= 11 is 1.12. The maximum atomic E-state index is 13.8. The first kappa shape index (κ1) is 36.5. The van der Waals surface area contributed by atoms with Gasteiger partial charge < -0.3 is 14.8 Å². The third-order valence-electron chi connectivity index (χ3n) is 12.9. The molecule has 3 aromatic rings. The molecular formula is C51H46N2O4S. The Morgan fingerprint density at radius 3 is 2.29 bits per heavy atom. The summed E-state index contributed by atoms with van der Waals surface area (Å²) in [4.78, 5) is 33.0. The van der Waals surface area contributed by atoms with Crippen LogP contribution in [-0.4, -0.2) is 28.3 Å². The second-order valence-corrected chi connectivity index (χ2v) is 17.0. The fraction of sp³-hybridized carbons (Fsp3) is 0.255. The molecule has 0 fully saturated rings. The molecule has 58 heavy (non-hydrogen) atoms. The van der Waals surface area contributed by atoms with Gasteiger partial charge in [-0.2, -0.15) is 11.4 Å². The smallest absolute Gasteiger partial charge is 0.311 e. The summed E-state index contributed by atoms with van der Waals surface area (Å²) in [6, 6.07) is 21.2. The summed E-state index contributed by atoms with van der Waals surface area (Å²) in [5.41, 5.74) is 12.1. The summed E-state index contributed by atoms with van der Waals surface area (Å²) < 4.78 is 11.9. The number of rotatable bonds is 11. The van der Waals surface area contributed by atoms with E-state index in [4.69, 9.17) is 14.5 Å². The van der Waals surface area contributed by atoms with E-state index in [1.807, 2.05) is 60.7 Å². The number of nitrogens with one attached hydrogen (secondary N) is 1. The largest absolute Gasteiger partial charge is 0.427 e. The average molecular weight is 783 g/mol. The van der Waals surface area contributed by atoms with Crippen LogP contribution < -0.4 is 14.8 Å². The molecule has 7 heteroatoms. The summed E-state index contributed by atoms with van der Waals surface area (Å²) in [5, 5.41) is 8.48. The van der Waals surface area contributed by atoms with Crippen LogP contribution in [0.3, 0.4) is 0 Å². The van der Waals surface area contributed by atoms with Crippen molar-refractivity contribution in [2.75, 3.05) is 0 Å². The minimum absolute atomic E-state index is 0.0818. The Morgan fingerprint density at radius 1 is 0.793 bits per heavy atom. The standard InChI is InChI=1S/C51H46N2O4S/c54-46(56-36-15-3-1-4-16-36)23-26-50(40-20-10-9-19-38(40)48-41(50)31-34-13-7-11-21-44(34)52-48)28-29-51(27-24-47(55)57-37-17-5-2-6-18-37)42-32-35-14-8-12-22-45(35)53-49(42)39-25-30-58-33-43(39)51/h1-8,12-20,22,25,30-33,45,53,58H,9-11,21,23-24,26-29H2. The zero-order valence-electron chi connectivity index (χ0n) is 32.5. The molecule has 2 aromatic carbocycles.